The van der Waals surface area contributed by atoms with Crippen molar-refractivity contribution in [1.29, 1.82) is 0 Å². The molecule has 98 valence electrons. The number of hydrogen-bond acceptors (Lipinski definition) is 4. The molecule has 0 saturated heterocycles. The van der Waals surface area contributed by atoms with Crippen LogP contribution in [0.5, 0.6) is 5.88 Å². The molecule has 2 aromatic rings. The van der Waals surface area contributed by atoms with Crippen LogP contribution in [0.1, 0.15) is 16.7 Å². The summed E-state index contributed by atoms with van der Waals surface area (Å²) in [5.74, 6) is -0.498. The summed E-state index contributed by atoms with van der Waals surface area (Å²) < 4.78 is 0. The van der Waals surface area contributed by atoms with Crippen LogP contribution in [0.4, 0.5) is 5.69 Å². The van der Waals surface area contributed by atoms with E-state index in [9.17, 15) is 14.7 Å². The second-order valence-electron chi connectivity index (χ2n) is 4.27. The van der Waals surface area contributed by atoms with Gasteiger partial charge in [-0.15, -0.1) is 0 Å². The SMILES string of the molecule is Cc1cc(C)cc(N=Cc2c(O)[nH]c(=O)[nH]c2=O)c1. The maximum atomic E-state index is 11.5. The van der Waals surface area contributed by atoms with Gasteiger partial charge in [-0.3, -0.25) is 19.8 Å². The summed E-state index contributed by atoms with van der Waals surface area (Å²) in [6.07, 6.45) is 1.22. The molecule has 0 bridgehead atoms. The third-order valence-corrected chi connectivity index (χ3v) is 2.51. The normalized spacial score (nSPS) is 11.1. The van der Waals surface area contributed by atoms with Crippen LogP contribution in [-0.2, 0) is 0 Å². The Kier molecular flexibility index (Phi) is 3.33. The van der Waals surface area contributed by atoms with Crippen molar-refractivity contribution in [3.8, 4) is 5.88 Å². The number of aromatic hydroxyl groups is 1. The number of aliphatic imine (C=N–C) groups is 1. The van der Waals surface area contributed by atoms with E-state index >= 15 is 0 Å². The van der Waals surface area contributed by atoms with Crippen molar-refractivity contribution in [1.82, 2.24) is 9.97 Å². The Balaban J connectivity index is 2.43. The fourth-order valence-electron chi connectivity index (χ4n) is 1.77. The van der Waals surface area contributed by atoms with Crippen molar-refractivity contribution < 1.29 is 5.11 Å². The molecule has 1 aromatic heterocycles. The van der Waals surface area contributed by atoms with Gasteiger partial charge in [0.15, 0.2) is 0 Å². The fourth-order valence-corrected chi connectivity index (χ4v) is 1.77. The zero-order chi connectivity index (χ0) is 14.0. The van der Waals surface area contributed by atoms with E-state index in [1.54, 1.807) is 0 Å². The summed E-state index contributed by atoms with van der Waals surface area (Å²) in [6.45, 7) is 3.88. The molecule has 0 atom stereocenters. The van der Waals surface area contributed by atoms with E-state index in [4.69, 9.17) is 0 Å². The van der Waals surface area contributed by atoms with Crippen molar-refractivity contribution in [2.45, 2.75) is 13.8 Å². The number of benzene rings is 1. The predicted molar refractivity (Wildman–Crippen MR) is 72.5 cm³/mol. The number of rotatable bonds is 2. The van der Waals surface area contributed by atoms with Crippen molar-refractivity contribution in [2.75, 3.05) is 0 Å². The van der Waals surface area contributed by atoms with Crippen LogP contribution in [-0.4, -0.2) is 21.3 Å². The molecule has 0 fully saturated rings. The van der Waals surface area contributed by atoms with Gasteiger partial charge in [-0.05, 0) is 37.1 Å². The second-order valence-corrected chi connectivity index (χ2v) is 4.27. The quantitative estimate of drug-likeness (QED) is 0.705. The van der Waals surface area contributed by atoms with Crippen molar-refractivity contribution in [2.24, 2.45) is 4.99 Å². The summed E-state index contributed by atoms with van der Waals surface area (Å²) in [6, 6.07) is 5.70. The van der Waals surface area contributed by atoms with E-state index < -0.39 is 17.1 Å². The summed E-state index contributed by atoms with van der Waals surface area (Å²) in [4.78, 5) is 30.6. The van der Waals surface area contributed by atoms with Gasteiger partial charge in [0, 0.05) is 6.21 Å². The van der Waals surface area contributed by atoms with E-state index in [0.29, 0.717) is 5.69 Å². The molecule has 6 nitrogen and oxygen atoms in total. The third kappa shape index (κ3) is 2.98. The third-order valence-electron chi connectivity index (χ3n) is 2.51. The number of aromatic amines is 2. The van der Waals surface area contributed by atoms with E-state index in [1.807, 2.05) is 37.0 Å². The maximum Gasteiger partial charge on any atom is 0.328 e. The Bertz CT molecular complexity index is 736. The molecule has 0 amide bonds. The van der Waals surface area contributed by atoms with Gasteiger partial charge in [-0.2, -0.15) is 0 Å². The molecule has 0 saturated carbocycles. The molecule has 19 heavy (non-hydrogen) atoms. The van der Waals surface area contributed by atoms with E-state index in [-0.39, 0.29) is 5.56 Å². The largest absolute Gasteiger partial charge is 0.494 e. The average Bonchev–Trinajstić information content (AvgIpc) is 2.25. The Labute approximate surface area is 108 Å². The van der Waals surface area contributed by atoms with Crippen LogP contribution in [0.25, 0.3) is 0 Å². The van der Waals surface area contributed by atoms with Crippen LogP contribution < -0.4 is 11.2 Å². The number of hydrogen-bond donors (Lipinski definition) is 3. The van der Waals surface area contributed by atoms with Crippen LogP contribution in [0, 0.1) is 13.8 Å². The first kappa shape index (κ1) is 12.8. The number of aryl methyl sites for hydroxylation is 2. The van der Waals surface area contributed by atoms with Gasteiger partial charge in [0.25, 0.3) is 5.56 Å². The van der Waals surface area contributed by atoms with Crippen LogP contribution in [0.2, 0.25) is 0 Å². The standard InChI is InChI=1S/C13H13N3O3/c1-7-3-8(2)5-9(4-7)14-6-10-11(17)15-13(19)16-12(10)18/h3-6H,1-2H3,(H3,15,16,17,18,19). The minimum atomic E-state index is -0.758. The molecule has 0 aliphatic rings. The zero-order valence-electron chi connectivity index (χ0n) is 10.5. The summed E-state index contributed by atoms with van der Waals surface area (Å²) >= 11 is 0. The highest BCUT2D eigenvalue weighted by Crippen LogP contribution is 2.17. The van der Waals surface area contributed by atoms with E-state index in [0.717, 1.165) is 11.1 Å². The first-order valence-corrected chi connectivity index (χ1v) is 5.63. The first-order valence-electron chi connectivity index (χ1n) is 5.63. The second kappa shape index (κ2) is 4.93. The predicted octanol–water partition coefficient (Wildman–Crippen LogP) is 1.14. The summed E-state index contributed by atoms with van der Waals surface area (Å²) in [7, 11) is 0. The molecular weight excluding hydrogens is 246 g/mol. The smallest absolute Gasteiger partial charge is 0.328 e. The van der Waals surface area contributed by atoms with Gasteiger partial charge in [0.1, 0.15) is 5.56 Å². The van der Waals surface area contributed by atoms with E-state index in [1.165, 1.54) is 6.21 Å². The molecule has 2 rings (SSSR count). The van der Waals surface area contributed by atoms with Crippen LogP contribution in [0.15, 0.2) is 32.8 Å². The Morgan fingerprint density at radius 3 is 2.32 bits per heavy atom. The molecular formula is C13H13N3O3. The number of nitrogens with zero attached hydrogens (tertiary/aromatic N) is 1. The van der Waals surface area contributed by atoms with E-state index in [2.05, 4.69) is 9.98 Å². The lowest BCUT2D eigenvalue weighted by Crippen LogP contribution is -2.24. The van der Waals surface area contributed by atoms with Gasteiger partial charge in [0.05, 0.1) is 5.69 Å². The van der Waals surface area contributed by atoms with Crippen LogP contribution >= 0.6 is 0 Å². The topological polar surface area (TPSA) is 98.3 Å². The lowest BCUT2D eigenvalue weighted by molar-refractivity contribution is 0.447. The summed E-state index contributed by atoms with van der Waals surface area (Å²) in [5.41, 5.74) is 1.24. The molecule has 3 N–H and O–H groups in total. The molecule has 0 radical (unpaired) electrons. The minimum Gasteiger partial charge on any atom is -0.494 e. The van der Waals surface area contributed by atoms with Crippen molar-refractivity contribution >= 4 is 11.9 Å². The molecule has 1 heterocycles. The lowest BCUT2D eigenvalue weighted by Gasteiger charge is -2.00. The monoisotopic (exact) mass is 259 g/mol. The Morgan fingerprint density at radius 2 is 1.74 bits per heavy atom. The van der Waals surface area contributed by atoms with Gasteiger partial charge in [-0.25, -0.2) is 4.79 Å². The average molecular weight is 259 g/mol. The highest BCUT2D eigenvalue weighted by atomic mass is 16.3. The van der Waals surface area contributed by atoms with Gasteiger partial charge in [-0.1, -0.05) is 6.07 Å². The maximum absolute atomic E-state index is 11.5. The Morgan fingerprint density at radius 1 is 1.11 bits per heavy atom. The van der Waals surface area contributed by atoms with Gasteiger partial charge >= 0.3 is 5.69 Å². The highest BCUT2D eigenvalue weighted by Gasteiger charge is 2.05. The number of nitrogens with one attached hydrogen (secondary N) is 2. The molecule has 6 heteroatoms. The first-order chi connectivity index (χ1) is 8.95. The zero-order valence-corrected chi connectivity index (χ0v) is 10.5. The van der Waals surface area contributed by atoms with Gasteiger partial charge < -0.3 is 5.11 Å². The van der Waals surface area contributed by atoms with Crippen molar-refractivity contribution in [3.63, 3.8) is 0 Å². The lowest BCUT2D eigenvalue weighted by atomic mass is 10.1. The highest BCUT2D eigenvalue weighted by molar-refractivity contribution is 5.83. The fraction of sp³-hybridized carbons (Fsp3) is 0.154. The molecule has 0 spiro atoms. The molecule has 0 aliphatic carbocycles. The Hall–Kier alpha value is -2.63. The van der Waals surface area contributed by atoms with Gasteiger partial charge in [0.2, 0.25) is 5.88 Å². The minimum absolute atomic E-state index is 0.0845. The van der Waals surface area contributed by atoms with Crippen molar-refractivity contribution in [3.05, 3.63) is 55.7 Å². The molecule has 0 unspecified atom stereocenters. The number of H-pyrrole nitrogens is 2. The number of aromatic nitrogens is 2. The van der Waals surface area contributed by atoms with Crippen LogP contribution in [0.3, 0.4) is 0 Å². The molecule has 1 aromatic carbocycles. The molecule has 0 aliphatic heterocycles. The summed E-state index contributed by atoms with van der Waals surface area (Å²) in [5, 5.41) is 9.49.